The number of para-hydroxylation sites is 2. The first-order chi connectivity index (χ1) is 29.2. The van der Waals surface area contributed by atoms with E-state index in [1.54, 1.807) is 12.4 Å². The van der Waals surface area contributed by atoms with Gasteiger partial charge in [0.1, 0.15) is 37.9 Å². The van der Waals surface area contributed by atoms with E-state index in [1.165, 1.54) is 11.1 Å². The van der Waals surface area contributed by atoms with Crippen molar-refractivity contribution in [1.29, 1.82) is 0 Å². The van der Waals surface area contributed by atoms with E-state index < -0.39 is 15.6 Å². The van der Waals surface area contributed by atoms with E-state index in [1.807, 2.05) is 60.7 Å². The van der Waals surface area contributed by atoms with Crippen LogP contribution in [0.1, 0.15) is 11.1 Å². The average molecular weight is 1010 g/mol. The molecule has 0 aliphatic carbocycles. The van der Waals surface area contributed by atoms with Gasteiger partial charge in [-0.1, -0.05) is 60.7 Å². The number of benzene rings is 4. The first-order valence-corrected chi connectivity index (χ1v) is 22.9. The molecule has 9 nitrogen and oxygen atoms in total. The minimum Gasteiger partial charge on any atom is -0.490 e. The fourth-order valence-corrected chi connectivity index (χ4v) is 5.34. The van der Waals surface area contributed by atoms with Crippen LogP contribution in [-0.4, -0.2) is 62.6 Å². The van der Waals surface area contributed by atoms with Crippen molar-refractivity contribution in [3.63, 3.8) is 0 Å². The molecule has 2 aromatic heterocycles. The van der Waals surface area contributed by atoms with Gasteiger partial charge in [0.2, 0.25) is 0 Å². The van der Waals surface area contributed by atoms with E-state index in [-0.39, 0.29) is 17.1 Å². The SMILES string of the molecule is F[P-](F)(F)(F)(F)F.F[P-](F)(F)(F)(F)F.[Cu+2].c1ccc2c(c1)OCCOc1ccc(cc1)CNCCNCCNCc1ccc(cc1)OCCO2.c1cnc2c(c1)ccc1cccnc12. The van der Waals surface area contributed by atoms with E-state index in [4.69, 9.17) is 18.9 Å². The Kier molecular flexibility index (Phi) is 18.1. The Labute approximate surface area is 370 Å². The molecule has 0 spiro atoms. The predicted octanol–water partition coefficient (Wildman–Crippen LogP) is 12.9. The van der Waals surface area contributed by atoms with Crippen LogP contribution in [0.15, 0.2) is 122 Å². The number of hydrogen-bond acceptors (Lipinski definition) is 9. The zero-order valence-electron chi connectivity index (χ0n) is 33.4. The van der Waals surface area contributed by atoms with Crippen LogP contribution in [0.25, 0.3) is 21.8 Å². The molecule has 3 N–H and O–H groups in total. The van der Waals surface area contributed by atoms with Crippen LogP contribution in [0.3, 0.4) is 0 Å². The summed E-state index contributed by atoms with van der Waals surface area (Å²) in [4.78, 5) is 8.69. The summed E-state index contributed by atoms with van der Waals surface area (Å²) in [6.45, 7) is 7.12. The summed E-state index contributed by atoms with van der Waals surface area (Å²) in [5, 5.41) is 12.7. The third-order valence-electron chi connectivity index (χ3n) is 7.88. The molecule has 0 atom stereocenters. The van der Waals surface area contributed by atoms with Crippen LogP contribution < -0.4 is 34.9 Å². The van der Waals surface area contributed by atoms with E-state index >= 15 is 0 Å². The average Bonchev–Trinajstić information content (AvgIpc) is 3.19. The molecule has 0 saturated carbocycles. The molecule has 6 aromatic rings. The molecule has 10 rings (SSSR count). The maximum Gasteiger partial charge on any atom is 2.00 e. The number of aromatic nitrogens is 2. The van der Waals surface area contributed by atoms with Gasteiger partial charge in [-0.3, -0.25) is 9.97 Å². The van der Waals surface area contributed by atoms with E-state index in [0.29, 0.717) is 37.9 Å². The molecule has 4 aliphatic heterocycles. The Morgan fingerprint density at radius 2 is 0.719 bits per heavy atom. The number of halogens is 12. The maximum atomic E-state index is 9.87. The van der Waals surface area contributed by atoms with Gasteiger partial charge in [-0.2, -0.15) is 0 Å². The van der Waals surface area contributed by atoms with Crippen LogP contribution >= 0.6 is 15.6 Å². The van der Waals surface area contributed by atoms with Crippen molar-refractivity contribution < 1.29 is 86.4 Å². The molecule has 4 bridgehead atoms. The molecule has 357 valence electrons. The third kappa shape index (κ3) is 26.2. The van der Waals surface area contributed by atoms with Gasteiger partial charge in [0.25, 0.3) is 0 Å². The van der Waals surface area contributed by atoms with Crippen LogP contribution in [0.2, 0.25) is 0 Å². The topological polar surface area (TPSA) is 98.8 Å². The van der Waals surface area contributed by atoms with Crippen molar-refractivity contribution in [2.75, 3.05) is 52.6 Å². The number of rotatable bonds is 0. The molecule has 24 heteroatoms. The van der Waals surface area contributed by atoms with E-state index in [0.717, 1.165) is 72.6 Å². The molecule has 0 amide bonds. The predicted molar refractivity (Wildman–Crippen MR) is 222 cm³/mol. The van der Waals surface area contributed by atoms with Gasteiger partial charge in [0.05, 0.1) is 11.0 Å². The van der Waals surface area contributed by atoms with Crippen molar-refractivity contribution in [1.82, 2.24) is 25.9 Å². The Morgan fingerprint density at radius 3 is 1.08 bits per heavy atom. The Bertz CT molecular complexity index is 2170. The number of ether oxygens (including phenoxy) is 4. The van der Waals surface area contributed by atoms with Crippen LogP contribution in [-0.2, 0) is 30.2 Å². The molecule has 0 fully saturated rings. The number of nitrogens with one attached hydrogen (secondary N) is 3. The van der Waals surface area contributed by atoms with E-state index in [9.17, 15) is 50.4 Å². The van der Waals surface area contributed by atoms with Gasteiger partial charge in [0, 0.05) is 62.4 Å². The van der Waals surface area contributed by atoms with Crippen molar-refractivity contribution >= 4 is 37.4 Å². The fourth-order valence-electron chi connectivity index (χ4n) is 5.34. The summed E-state index contributed by atoms with van der Waals surface area (Å²) in [6, 6.07) is 36.1. The minimum atomic E-state index is -10.7. The Hall–Kier alpha value is -4.68. The fraction of sp³-hybridized carbons (Fsp3) is 0.250. The van der Waals surface area contributed by atoms with Gasteiger partial charge in [-0.05, 0) is 59.7 Å². The Balaban J connectivity index is 0.000000304. The first-order valence-electron chi connectivity index (χ1n) is 18.8. The van der Waals surface area contributed by atoms with Crippen molar-refractivity contribution in [3.05, 3.63) is 133 Å². The molecule has 1 radical (unpaired) electrons. The standard InChI is InChI=1S/C28H35N3O4.C12H8N2.Cu.2F6P/c1-2-4-28-27(3-1)34-19-17-32-25-9-5-23(6-10-25)21-30-15-13-29-14-16-31-22-24-7-11-26(12-8-24)33-18-20-35-28;1-3-9-5-6-10-4-2-8-14-12(10)11(9)13-7-1;;2*1-7(2,3,4,5)6/h1-12,29-31H,13-22H2;1-8H;;;/q;;+2;2*-1. The maximum absolute atomic E-state index is 10.7. The normalized spacial score (nSPS) is 16.5. The molecular weight excluding hydrogens is 968 g/mol. The quantitative estimate of drug-likeness (QED) is 0.0595. The van der Waals surface area contributed by atoms with Crippen LogP contribution in [0, 0.1) is 0 Å². The molecule has 0 saturated heterocycles. The first kappa shape index (κ1) is 53.7. The second kappa shape index (κ2) is 21.5. The zero-order chi connectivity index (χ0) is 46.2. The zero-order valence-corrected chi connectivity index (χ0v) is 36.1. The summed E-state index contributed by atoms with van der Waals surface area (Å²) in [5.41, 5.74) is 4.42. The number of nitrogens with zero attached hydrogens (tertiary/aromatic N) is 2. The molecule has 64 heavy (non-hydrogen) atoms. The van der Waals surface area contributed by atoms with E-state index in [2.05, 4.69) is 74.4 Å². The largest absolute Gasteiger partial charge is 2.00 e. The number of pyridine rings is 2. The Morgan fingerprint density at radius 1 is 0.391 bits per heavy atom. The number of hydrogen-bond donors (Lipinski definition) is 3. The smallest absolute Gasteiger partial charge is 0.490 e. The number of fused-ring (bicyclic) bond motifs is 3. The summed E-state index contributed by atoms with van der Waals surface area (Å²) in [7, 11) is -21.3. The van der Waals surface area contributed by atoms with Crippen molar-refractivity contribution in [3.8, 4) is 23.0 Å². The van der Waals surface area contributed by atoms with Crippen molar-refractivity contribution in [2.24, 2.45) is 0 Å². The third-order valence-corrected chi connectivity index (χ3v) is 7.88. The second-order valence-corrected chi connectivity index (χ2v) is 17.2. The van der Waals surface area contributed by atoms with Gasteiger partial charge in [-0.15, -0.1) is 0 Å². The summed E-state index contributed by atoms with van der Waals surface area (Å²) >= 11 is 0. The summed E-state index contributed by atoms with van der Waals surface area (Å²) in [5.74, 6) is 3.05. The van der Waals surface area contributed by atoms with Gasteiger partial charge < -0.3 is 34.9 Å². The van der Waals surface area contributed by atoms with Gasteiger partial charge >= 0.3 is 83.0 Å². The monoisotopic (exact) mass is 1010 g/mol. The molecule has 4 aromatic carbocycles. The van der Waals surface area contributed by atoms with Gasteiger partial charge in [-0.25, -0.2) is 0 Å². The van der Waals surface area contributed by atoms with Gasteiger partial charge in [0.15, 0.2) is 11.5 Å². The molecule has 6 heterocycles. The second-order valence-electron chi connectivity index (χ2n) is 13.4. The van der Waals surface area contributed by atoms with Crippen molar-refractivity contribution in [2.45, 2.75) is 13.1 Å². The molecular formula is C40H43CuF12N5O4P2. The summed E-state index contributed by atoms with van der Waals surface area (Å²) < 4.78 is 142. The molecule has 0 unspecified atom stereocenters. The summed E-state index contributed by atoms with van der Waals surface area (Å²) in [6.07, 6.45) is 3.60. The van der Waals surface area contributed by atoms with Crippen LogP contribution in [0.4, 0.5) is 50.4 Å². The minimum absolute atomic E-state index is 0. The van der Waals surface area contributed by atoms with Crippen LogP contribution in [0.5, 0.6) is 23.0 Å². The molecule has 4 aliphatic rings.